The summed E-state index contributed by atoms with van der Waals surface area (Å²) in [6.45, 7) is 0. The summed E-state index contributed by atoms with van der Waals surface area (Å²) in [5, 5.41) is 18.9. The fourth-order valence-electron chi connectivity index (χ4n) is 4.76. The smallest absolute Gasteiger partial charge is 0.309 e. The minimum atomic E-state index is -0.603. The highest BCUT2D eigenvalue weighted by atomic mass is 16.4. The Morgan fingerprint density at radius 3 is 1.52 bits per heavy atom. The molecule has 0 aromatic carbocycles. The molecule has 0 atom stereocenters. The van der Waals surface area contributed by atoms with Crippen molar-refractivity contribution < 1.29 is 19.8 Å². The molecule has 0 amide bonds. The van der Waals surface area contributed by atoms with Crippen molar-refractivity contribution in [3.8, 4) is 0 Å². The first-order valence-electron chi connectivity index (χ1n) is 10.1. The summed E-state index contributed by atoms with van der Waals surface area (Å²) >= 11 is 0. The van der Waals surface area contributed by atoms with Crippen LogP contribution in [-0.4, -0.2) is 22.2 Å². The van der Waals surface area contributed by atoms with Gasteiger partial charge in [0.25, 0.3) is 0 Å². The summed E-state index contributed by atoms with van der Waals surface area (Å²) in [7, 11) is 0. The van der Waals surface area contributed by atoms with Gasteiger partial charge in [-0.2, -0.15) is 0 Å². The van der Waals surface area contributed by atoms with Gasteiger partial charge in [-0.3, -0.25) is 9.59 Å². The molecule has 4 nitrogen and oxygen atoms in total. The molecule has 2 aliphatic carbocycles. The van der Waals surface area contributed by atoms with E-state index in [1.807, 2.05) is 0 Å². The van der Waals surface area contributed by atoms with E-state index < -0.39 is 22.8 Å². The lowest BCUT2D eigenvalue weighted by Crippen LogP contribution is -2.27. The molecule has 0 aromatic heterocycles. The molecule has 2 aliphatic rings. The number of allylic oxidation sites excluding steroid dienone is 2. The van der Waals surface area contributed by atoms with Crippen molar-refractivity contribution in [3.63, 3.8) is 0 Å². The van der Waals surface area contributed by atoms with Gasteiger partial charge in [0.2, 0.25) is 0 Å². The predicted octanol–water partition coefficient (Wildman–Crippen LogP) is 5.56. The van der Waals surface area contributed by atoms with Crippen LogP contribution < -0.4 is 0 Å². The van der Waals surface area contributed by atoms with Crippen molar-refractivity contribution in [3.05, 3.63) is 12.2 Å². The van der Waals surface area contributed by atoms with Crippen LogP contribution in [0, 0.1) is 10.8 Å². The van der Waals surface area contributed by atoms with Gasteiger partial charge in [-0.15, -0.1) is 0 Å². The van der Waals surface area contributed by atoms with Gasteiger partial charge in [-0.1, -0.05) is 44.3 Å². The van der Waals surface area contributed by atoms with Crippen LogP contribution in [0.4, 0.5) is 0 Å². The van der Waals surface area contributed by atoms with Crippen molar-refractivity contribution in [2.75, 3.05) is 0 Å². The molecule has 25 heavy (non-hydrogen) atoms. The molecule has 0 aromatic rings. The second-order valence-corrected chi connectivity index (χ2v) is 8.19. The molecule has 0 aliphatic heterocycles. The van der Waals surface area contributed by atoms with Crippen LogP contribution in [0.5, 0.6) is 0 Å². The number of carboxylic acids is 2. The monoisotopic (exact) mass is 350 g/mol. The fourth-order valence-corrected chi connectivity index (χ4v) is 4.76. The van der Waals surface area contributed by atoms with Crippen molar-refractivity contribution in [1.29, 1.82) is 0 Å². The molecule has 2 N–H and O–H groups in total. The largest absolute Gasteiger partial charge is 0.481 e. The van der Waals surface area contributed by atoms with E-state index in [-0.39, 0.29) is 0 Å². The van der Waals surface area contributed by atoms with E-state index in [1.165, 1.54) is 0 Å². The van der Waals surface area contributed by atoms with Crippen molar-refractivity contribution >= 4 is 11.9 Å². The van der Waals surface area contributed by atoms with Crippen LogP contribution >= 0.6 is 0 Å². The maximum absolute atomic E-state index is 11.5. The molecule has 0 spiro atoms. The molecule has 2 saturated carbocycles. The average molecular weight is 350 g/mol. The highest BCUT2D eigenvalue weighted by molar-refractivity contribution is 5.75. The number of carboxylic acid groups (broad SMARTS) is 2. The van der Waals surface area contributed by atoms with Crippen molar-refractivity contribution in [2.24, 2.45) is 10.8 Å². The van der Waals surface area contributed by atoms with Crippen LogP contribution in [0.2, 0.25) is 0 Å². The summed E-state index contributed by atoms with van der Waals surface area (Å²) in [5.74, 6) is -1.20. The summed E-state index contributed by atoms with van der Waals surface area (Å²) in [6, 6.07) is 0. The number of rotatable bonds is 11. The Balaban J connectivity index is 1.56. The summed E-state index contributed by atoms with van der Waals surface area (Å²) in [5.41, 5.74) is -0.879. The second kappa shape index (κ2) is 9.40. The normalized spacial score (nSPS) is 21.8. The van der Waals surface area contributed by atoms with Crippen LogP contribution in [0.1, 0.15) is 96.3 Å². The molecule has 2 fully saturated rings. The SMILES string of the molecule is O=C(O)C1(CCC/C=C\CCCCC2(C(=O)O)CCCC2)CCCC1. The van der Waals surface area contributed by atoms with Gasteiger partial charge >= 0.3 is 11.9 Å². The third kappa shape index (κ3) is 5.32. The molecule has 0 radical (unpaired) electrons. The Kier molecular flexibility index (Phi) is 7.52. The summed E-state index contributed by atoms with van der Waals surface area (Å²) in [4.78, 5) is 23.0. The van der Waals surface area contributed by atoms with Gasteiger partial charge in [-0.05, 0) is 64.2 Å². The van der Waals surface area contributed by atoms with E-state index >= 15 is 0 Å². The number of hydrogen-bond donors (Lipinski definition) is 2. The molecular weight excluding hydrogens is 316 g/mol. The molecule has 0 saturated heterocycles. The highest BCUT2D eigenvalue weighted by Crippen LogP contribution is 2.43. The highest BCUT2D eigenvalue weighted by Gasteiger charge is 2.41. The summed E-state index contributed by atoms with van der Waals surface area (Å²) in [6.07, 6.45) is 18.5. The van der Waals surface area contributed by atoms with Crippen LogP contribution in [-0.2, 0) is 9.59 Å². The molecule has 2 rings (SSSR count). The molecule has 0 bridgehead atoms. The lowest BCUT2D eigenvalue weighted by molar-refractivity contribution is -0.150. The van der Waals surface area contributed by atoms with Gasteiger partial charge < -0.3 is 10.2 Å². The van der Waals surface area contributed by atoms with E-state index in [0.29, 0.717) is 0 Å². The molecule has 142 valence electrons. The lowest BCUT2D eigenvalue weighted by Gasteiger charge is -2.23. The van der Waals surface area contributed by atoms with E-state index in [2.05, 4.69) is 12.2 Å². The average Bonchev–Trinajstić information content (AvgIpc) is 3.24. The number of unbranched alkanes of at least 4 members (excludes halogenated alkanes) is 3. The first-order valence-corrected chi connectivity index (χ1v) is 10.1. The van der Waals surface area contributed by atoms with Crippen molar-refractivity contribution in [2.45, 2.75) is 96.3 Å². The Labute approximate surface area is 151 Å². The number of hydrogen-bond acceptors (Lipinski definition) is 2. The van der Waals surface area contributed by atoms with Crippen LogP contribution in [0.25, 0.3) is 0 Å². The van der Waals surface area contributed by atoms with E-state index in [0.717, 1.165) is 96.3 Å². The first-order chi connectivity index (χ1) is 12.0. The Hall–Kier alpha value is -1.32. The molecular formula is C21H34O4. The number of carbonyl (C=O) groups is 2. The first kappa shape index (κ1) is 20.0. The maximum atomic E-state index is 11.5. The van der Waals surface area contributed by atoms with E-state index in [9.17, 15) is 19.8 Å². The van der Waals surface area contributed by atoms with Gasteiger partial charge in [0.15, 0.2) is 0 Å². The standard InChI is InChI=1S/C21H34O4/c22-18(23)20(14-8-9-15-20)12-6-4-2-1-3-5-7-13-21(19(24)25)16-10-11-17-21/h1-2H,3-17H2,(H,22,23)(H,24,25)/b2-1-. The van der Waals surface area contributed by atoms with Gasteiger partial charge in [0.1, 0.15) is 0 Å². The second-order valence-electron chi connectivity index (χ2n) is 8.19. The minimum absolute atomic E-state index is 0.434. The molecule has 0 heterocycles. The fraction of sp³-hybridized carbons (Fsp3) is 0.810. The zero-order valence-corrected chi connectivity index (χ0v) is 15.5. The number of aliphatic carboxylic acids is 2. The van der Waals surface area contributed by atoms with Crippen molar-refractivity contribution in [1.82, 2.24) is 0 Å². The zero-order valence-electron chi connectivity index (χ0n) is 15.5. The van der Waals surface area contributed by atoms with E-state index in [4.69, 9.17) is 0 Å². The Morgan fingerprint density at radius 2 is 1.08 bits per heavy atom. The minimum Gasteiger partial charge on any atom is -0.481 e. The van der Waals surface area contributed by atoms with Crippen LogP contribution in [0.3, 0.4) is 0 Å². The Bertz CT molecular complexity index is 468. The third-order valence-electron chi connectivity index (χ3n) is 6.50. The lowest BCUT2D eigenvalue weighted by atomic mass is 9.81. The van der Waals surface area contributed by atoms with E-state index in [1.54, 1.807) is 0 Å². The molecule has 4 heteroatoms. The quantitative estimate of drug-likeness (QED) is 0.378. The summed E-state index contributed by atoms with van der Waals surface area (Å²) < 4.78 is 0. The van der Waals surface area contributed by atoms with Gasteiger partial charge in [-0.25, -0.2) is 0 Å². The molecule has 0 unspecified atom stereocenters. The zero-order chi connectivity index (χ0) is 18.2. The Morgan fingerprint density at radius 1 is 0.680 bits per heavy atom. The van der Waals surface area contributed by atoms with Gasteiger partial charge in [0, 0.05) is 0 Å². The topological polar surface area (TPSA) is 74.6 Å². The van der Waals surface area contributed by atoms with Crippen LogP contribution in [0.15, 0.2) is 12.2 Å². The third-order valence-corrected chi connectivity index (χ3v) is 6.50. The van der Waals surface area contributed by atoms with Gasteiger partial charge in [0.05, 0.1) is 10.8 Å². The predicted molar refractivity (Wildman–Crippen MR) is 98.5 cm³/mol. The maximum Gasteiger partial charge on any atom is 0.309 e.